The predicted octanol–water partition coefficient (Wildman–Crippen LogP) is 4.56. The van der Waals surface area contributed by atoms with Crippen LogP contribution in [0.4, 0.5) is 4.39 Å². The second-order valence-corrected chi connectivity index (χ2v) is 6.08. The van der Waals surface area contributed by atoms with Crippen molar-refractivity contribution in [1.29, 1.82) is 0 Å². The van der Waals surface area contributed by atoms with E-state index in [1.54, 1.807) is 12.1 Å². The van der Waals surface area contributed by atoms with Gasteiger partial charge in [-0.05, 0) is 55.8 Å². The lowest BCUT2D eigenvalue weighted by Gasteiger charge is -2.25. The van der Waals surface area contributed by atoms with Gasteiger partial charge in [-0.2, -0.15) is 0 Å². The van der Waals surface area contributed by atoms with E-state index in [-0.39, 0.29) is 10.8 Å². The van der Waals surface area contributed by atoms with Crippen LogP contribution in [0.3, 0.4) is 0 Å². The highest BCUT2D eigenvalue weighted by molar-refractivity contribution is 6.30. The van der Waals surface area contributed by atoms with E-state index in [1.807, 2.05) is 0 Å². The Bertz CT molecular complexity index is 470. The van der Waals surface area contributed by atoms with Gasteiger partial charge in [0.05, 0.1) is 5.02 Å². The van der Waals surface area contributed by atoms with E-state index in [4.69, 9.17) is 11.6 Å². The highest BCUT2D eigenvalue weighted by atomic mass is 35.5. The van der Waals surface area contributed by atoms with Gasteiger partial charge in [0, 0.05) is 6.54 Å². The smallest absolute Gasteiger partial charge is 0.141 e. The van der Waals surface area contributed by atoms with Crippen molar-refractivity contribution < 1.29 is 4.39 Å². The van der Waals surface area contributed by atoms with Gasteiger partial charge in [0.2, 0.25) is 0 Å². The largest absolute Gasteiger partial charge is 0.312 e. The number of benzene rings is 1. The van der Waals surface area contributed by atoms with E-state index < -0.39 is 0 Å². The molecule has 1 nitrogen and oxygen atoms in total. The molecule has 0 spiro atoms. The molecule has 0 bridgehead atoms. The molecule has 0 fully saturated rings. The standard InChI is InChI=1S/C16H21ClFN/c1-11-5-12(2)7-14(6-11)10-19-9-13-3-4-16(18)15(17)8-13/h3-5,8,11,14,19H,6-7,9-10H2,1-2H3. The van der Waals surface area contributed by atoms with Crippen LogP contribution in [-0.2, 0) is 6.54 Å². The average molecular weight is 282 g/mol. The summed E-state index contributed by atoms with van der Waals surface area (Å²) in [5.41, 5.74) is 2.53. The zero-order valence-electron chi connectivity index (χ0n) is 11.5. The normalized spacial score (nSPS) is 23.3. The van der Waals surface area contributed by atoms with Crippen LogP contribution in [0, 0.1) is 17.7 Å². The van der Waals surface area contributed by atoms with E-state index in [1.165, 1.54) is 24.5 Å². The third kappa shape index (κ3) is 4.32. The van der Waals surface area contributed by atoms with Crippen LogP contribution >= 0.6 is 11.6 Å². The van der Waals surface area contributed by atoms with Gasteiger partial charge in [0.25, 0.3) is 0 Å². The Morgan fingerprint density at radius 1 is 1.42 bits per heavy atom. The summed E-state index contributed by atoms with van der Waals surface area (Å²) in [6, 6.07) is 4.90. The Hall–Kier alpha value is -0.860. The molecule has 0 radical (unpaired) electrons. The van der Waals surface area contributed by atoms with Crippen LogP contribution in [0.1, 0.15) is 32.3 Å². The van der Waals surface area contributed by atoms with Crippen molar-refractivity contribution in [2.45, 2.75) is 33.2 Å². The quantitative estimate of drug-likeness (QED) is 0.798. The Labute approximate surface area is 119 Å². The van der Waals surface area contributed by atoms with Crippen molar-refractivity contribution in [3.8, 4) is 0 Å². The Morgan fingerprint density at radius 2 is 2.21 bits per heavy atom. The van der Waals surface area contributed by atoms with E-state index >= 15 is 0 Å². The summed E-state index contributed by atoms with van der Waals surface area (Å²) in [7, 11) is 0. The van der Waals surface area contributed by atoms with Gasteiger partial charge in [-0.3, -0.25) is 0 Å². The molecule has 1 aromatic carbocycles. The second kappa shape index (κ2) is 6.53. The maximum Gasteiger partial charge on any atom is 0.141 e. The van der Waals surface area contributed by atoms with E-state index in [2.05, 4.69) is 25.2 Å². The first-order valence-electron chi connectivity index (χ1n) is 6.86. The summed E-state index contributed by atoms with van der Waals surface area (Å²) >= 11 is 5.77. The molecule has 0 aromatic heterocycles. The molecule has 0 amide bonds. The maximum atomic E-state index is 13.0. The van der Waals surface area contributed by atoms with Gasteiger partial charge in [-0.1, -0.05) is 36.2 Å². The fourth-order valence-electron chi connectivity index (χ4n) is 2.91. The predicted molar refractivity (Wildman–Crippen MR) is 78.8 cm³/mol. The van der Waals surface area contributed by atoms with Crippen molar-refractivity contribution >= 4 is 11.6 Å². The monoisotopic (exact) mass is 281 g/mol. The molecule has 0 heterocycles. The number of nitrogens with one attached hydrogen (secondary N) is 1. The van der Waals surface area contributed by atoms with Gasteiger partial charge in [0.1, 0.15) is 5.82 Å². The highest BCUT2D eigenvalue weighted by Crippen LogP contribution is 2.27. The van der Waals surface area contributed by atoms with E-state index in [0.29, 0.717) is 11.8 Å². The molecule has 1 aliphatic carbocycles. The topological polar surface area (TPSA) is 12.0 Å². The number of hydrogen-bond donors (Lipinski definition) is 1. The minimum atomic E-state index is -0.354. The lowest BCUT2D eigenvalue weighted by molar-refractivity contribution is 0.381. The molecule has 19 heavy (non-hydrogen) atoms. The van der Waals surface area contributed by atoms with Crippen LogP contribution in [-0.4, -0.2) is 6.54 Å². The Kier molecular flexibility index (Phi) is 5.00. The van der Waals surface area contributed by atoms with Gasteiger partial charge in [-0.15, -0.1) is 0 Å². The summed E-state index contributed by atoms with van der Waals surface area (Å²) in [4.78, 5) is 0. The average Bonchev–Trinajstić information content (AvgIpc) is 2.32. The summed E-state index contributed by atoms with van der Waals surface area (Å²) in [5.74, 6) is 1.03. The summed E-state index contributed by atoms with van der Waals surface area (Å²) in [6.07, 6.45) is 4.80. The molecule has 1 aromatic rings. The third-order valence-corrected chi connectivity index (χ3v) is 3.92. The second-order valence-electron chi connectivity index (χ2n) is 5.68. The molecule has 2 rings (SSSR count). The zero-order valence-corrected chi connectivity index (χ0v) is 12.3. The van der Waals surface area contributed by atoms with Gasteiger partial charge >= 0.3 is 0 Å². The molecule has 0 saturated heterocycles. The molecular weight excluding hydrogens is 261 g/mol. The minimum absolute atomic E-state index is 0.198. The third-order valence-electron chi connectivity index (χ3n) is 3.63. The summed E-state index contributed by atoms with van der Waals surface area (Å²) in [6.45, 7) is 6.23. The van der Waals surface area contributed by atoms with Crippen LogP contribution in [0.15, 0.2) is 29.8 Å². The van der Waals surface area contributed by atoms with Crippen molar-refractivity contribution in [3.05, 3.63) is 46.3 Å². The number of rotatable bonds is 4. The number of hydrogen-bond acceptors (Lipinski definition) is 1. The van der Waals surface area contributed by atoms with Crippen LogP contribution < -0.4 is 5.32 Å². The first kappa shape index (κ1) is 14.5. The van der Waals surface area contributed by atoms with E-state index in [9.17, 15) is 4.39 Å². The molecule has 1 aliphatic rings. The molecule has 3 heteroatoms. The summed E-state index contributed by atoms with van der Waals surface area (Å²) < 4.78 is 13.0. The van der Waals surface area contributed by atoms with Crippen LogP contribution in [0.5, 0.6) is 0 Å². The zero-order chi connectivity index (χ0) is 13.8. The Balaban J connectivity index is 1.80. The molecule has 0 saturated carbocycles. The van der Waals surface area contributed by atoms with Crippen LogP contribution in [0.25, 0.3) is 0 Å². The van der Waals surface area contributed by atoms with Crippen molar-refractivity contribution in [1.82, 2.24) is 5.32 Å². The minimum Gasteiger partial charge on any atom is -0.312 e. The van der Waals surface area contributed by atoms with Crippen molar-refractivity contribution in [2.24, 2.45) is 11.8 Å². The SMILES string of the molecule is CC1=CC(C)CC(CNCc2ccc(F)c(Cl)c2)C1. The first-order chi connectivity index (χ1) is 9.04. The molecule has 1 N–H and O–H groups in total. The number of allylic oxidation sites excluding steroid dienone is 2. The lowest BCUT2D eigenvalue weighted by Crippen LogP contribution is -2.25. The van der Waals surface area contributed by atoms with Gasteiger partial charge < -0.3 is 5.32 Å². The molecular formula is C16H21ClFN. The Morgan fingerprint density at radius 3 is 2.89 bits per heavy atom. The van der Waals surface area contributed by atoms with E-state index in [0.717, 1.165) is 18.7 Å². The van der Waals surface area contributed by atoms with Gasteiger partial charge in [0.15, 0.2) is 0 Å². The molecule has 0 aliphatic heterocycles. The fourth-order valence-corrected chi connectivity index (χ4v) is 3.12. The fraction of sp³-hybridized carbons (Fsp3) is 0.500. The van der Waals surface area contributed by atoms with Crippen LogP contribution in [0.2, 0.25) is 5.02 Å². The molecule has 2 unspecified atom stereocenters. The lowest BCUT2D eigenvalue weighted by atomic mass is 9.84. The highest BCUT2D eigenvalue weighted by Gasteiger charge is 2.17. The van der Waals surface area contributed by atoms with Crippen molar-refractivity contribution in [2.75, 3.05) is 6.54 Å². The first-order valence-corrected chi connectivity index (χ1v) is 7.24. The van der Waals surface area contributed by atoms with Gasteiger partial charge in [-0.25, -0.2) is 4.39 Å². The van der Waals surface area contributed by atoms with Crippen molar-refractivity contribution in [3.63, 3.8) is 0 Å². The number of halogens is 2. The summed E-state index contributed by atoms with van der Waals surface area (Å²) in [5, 5.41) is 3.65. The molecule has 2 atom stereocenters. The molecule has 104 valence electrons. The maximum absolute atomic E-state index is 13.0.